The Balaban J connectivity index is 1.58. The van der Waals surface area contributed by atoms with Crippen LogP contribution in [-0.4, -0.2) is 34.9 Å². The zero-order valence-electron chi connectivity index (χ0n) is 14.0. The van der Waals surface area contributed by atoms with Crippen molar-refractivity contribution >= 4 is 29.2 Å². The minimum Gasteiger partial charge on any atom is -0.326 e. The van der Waals surface area contributed by atoms with Crippen molar-refractivity contribution in [3.05, 3.63) is 42.0 Å². The Morgan fingerprint density at radius 3 is 2.36 bits per heavy atom. The highest BCUT2D eigenvalue weighted by molar-refractivity contribution is 6.06. The molecule has 1 aromatic rings. The van der Waals surface area contributed by atoms with Gasteiger partial charge in [-0.05, 0) is 31.9 Å². The van der Waals surface area contributed by atoms with E-state index in [0.29, 0.717) is 24.1 Å². The molecule has 130 valence electrons. The van der Waals surface area contributed by atoms with Crippen LogP contribution in [0.25, 0.3) is 0 Å². The molecule has 3 rings (SSSR count). The van der Waals surface area contributed by atoms with Crippen LogP contribution in [0.3, 0.4) is 0 Å². The van der Waals surface area contributed by atoms with Gasteiger partial charge in [0.05, 0.1) is 11.8 Å². The summed E-state index contributed by atoms with van der Waals surface area (Å²) >= 11 is 0. The molecule has 1 saturated heterocycles. The van der Waals surface area contributed by atoms with E-state index in [1.807, 2.05) is 12.2 Å². The first kappa shape index (κ1) is 17.1. The second-order valence-electron chi connectivity index (χ2n) is 6.42. The molecule has 1 heterocycles. The second kappa shape index (κ2) is 7.01. The average molecular weight is 340 g/mol. The lowest BCUT2D eigenvalue weighted by molar-refractivity contribution is -0.140. The van der Waals surface area contributed by atoms with Crippen LogP contribution in [-0.2, 0) is 14.4 Å². The first-order chi connectivity index (χ1) is 12.0. The summed E-state index contributed by atoms with van der Waals surface area (Å²) in [5.74, 6) is -1.27. The van der Waals surface area contributed by atoms with E-state index in [-0.39, 0.29) is 48.3 Å². The van der Waals surface area contributed by atoms with E-state index in [9.17, 15) is 19.2 Å². The summed E-state index contributed by atoms with van der Waals surface area (Å²) in [6.07, 6.45) is 5.09. The molecule has 3 amide bonds. The van der Waals surface area contributed by atoms with E-state index < -0.39 is 0 Å². The molecule has 2 atom stereocenters. The molecule has 0 radical (unpaired) electrons. The predicted molar refractivity (Wildman–Crippen MR) is 91.8 cm³/mol. The maximum Gasteiger partial charge on any atom is 0.233 e. The Morgan fingerprint density at radius 1 is 1.12 bits per heavy atom. The molecule has 0 saturated carbocycles. The summed E-state index contributed by atoms with van der Waals surface area (Å²) in [7, 11) is 0. The highest BCUT2D eigenvalue weighted by Gasteiger charge is 2.46. The number of benzene rings is 1. The highest BCUT2D eigenvalue weighted by atomic mass is 16.2. The quantitative estimate of drug-likeness (QED) is 0.506. The third kappa shape index (κ3) is 3.52. The number of nitrogens with one attached hydrogen (secondary N) is 1. The van der Waals surface area contributed by atoms with Crippen molar-refractivity contribution in [1.29, 1.82) is 0 Å². The first-order valence-electron chi connectivity index (χ1n) is 8.38. The van der Waals surface area contributed by atoms with E-state index in [2.05, 4.69) is 5.32 Å². The molecule has 1 aliphatic carbocycles. The van der Waals surface area contributed by atoms with Gasteiger partial charge in [0.15, 0.2) is 5.78 Å². The number of carbonyl (C=O) groups is 4. The number of allylic oxidation sites excluding steroid dienone is 2. The molecule has 1 fully saturated rings. The molecule has 1 aromatic carbocycles. The van der Waals surface area contributed by atoms with Gasteiger partial charge >= 0.3 is 0 Å². The van der Waals surface area contributed by atoms with Crippen molar-refractivity contribution in [2.24, 2.45) is 11.8 Å². The van der Waals surface area contributed by atoms with Gasteiger partial charge in [-0.2, -0.15) is 0 Å². The lowest BCUT2D eigenvalue weighted by atomic mass is 9.85. The van der Waals surface area contributed by atoms with Crippen LogP contribution in [0.5, 0.6) is 0 Å². The van der Waals surface area contributed by atoms with Gasteiger partial charge in [-0.3, -0.25) is 24.1 Å². The summed E-state index contributed by atoms with van der Waals surface area (Å²) in [5.41, 5.74) is 1.04. The van der Waals surface area contributed by atoms with Crippen LogP contribution < -0.4 is 5.32 Å². The van der Waals surface area contributed by atoms with Crippen molar-refractivity contribution in [3.63, 3.8) is 0 Å². The number of ketones is 1. The number of carbonyl (C=O) groups excluding carboxylic acids is 4. The summed E-state index contributed by atoms with van der Waals surface area (Å²) in [6.45, 7) is 1.54. The standard InChI is InChI=1S/C19H20N2O4/c1-12(22)13-5-4-6-14(11-13)20-17(23)9-10-21-18(24)15-7-2-3-8-16(15)19(21)25/h2-6,11,15-16H,7-10H2,1H3,(H,20,23)/t15-,16-/m0/s1. The second-order valence-corrected chi connectivity index (χ2v) is 6.42. The molecule has 0 aromatic heterocycles. The Kier molecular flexibility index (Phi) is 4.79. The largest absolute Gasteiger partial charge is 0.326 e. The van der Waals surface area contributed by atoms with Crippen LogP contribution >= 0.6 is 0 Å². The van der Waals surface area contributed by atoms with Gasteiger partial charge in [-0.25, -0.2) is 0 Å². The van der Waals surface area contributed by atoms with Gasteiger partial charge in [0.1, 0.15) is 0 Å². The molecule has 2 aliphatic rings. The molecule has 1 N–H and O–H groups in total. The average Bonchev–Trinajstić information content (AvgIpc) is 2.85. The minimum atomic E-state index is -0.297. The van der Waals surface area contributed by atoms with E-state index in [1.165, 1.54) is 11.8 Å². The van der Waals surface area contributed by atoms with Crippen LogP contribution in [0.2, 0.25) is 0 Å². The lowest BCUT2D eigenvalue weighted by Crippen LogP contribution is -2.34. The molecular formula is C19H20N2O4. The third-order valence-corrected chi connectivity index (χ3v) is 4.71. The number of nitrogens with zero attached hydrogens (tertiary/aromatic N) is 1. The van der Waals surface area contributed by atoms with Crippen LogP contribution in [0.1, 0.15) is 36.5 Å². The topological polar surface area (TPSA) is 83.6 Å². The Labute approximate surface area is 145 Å². The number of likely N-dealkylation sites (tertiary alicyclic amines) is 1. The number of rotatable bonds is 5. The van der Waals surface area contributed by atoms with Crippen molar-refractivity contribution in [1.82, 2.24) is 4.90 Å². The smallest absolute Gasteiger partial charge is 0.233 e. The number of anilines is 1. The Morgan fingerprint density at radius 2 is 1.76 bits per heavy atom. The number of amides is 3. The van der Waals surface area contributed by atoms with Gasteiger partial charge in [0.2, 0.25) is 17.7 Å². The Bertz CT molecular complexity index is 742. The fraction of sp³-hybridized carbons (Fsp3) is 0.368. The van der Waals surface area contributed by atoms with E-state index in [4.69, 9.17) is 0 Å². The zero-order valence-corrected chi connectivity index (χ0v) is 14.0. The molecular weight excluding hydrogens is 320 g/mol. The first-order valence-corrected chi connectivity index (χ1v) is 8.38. The number of hydrogen-bond donors (Lipinski definition) is 1. The van der Waals surface area contributed by atoms with Gasteiger partial charge in [0, 0.05) is 24.2 Å². The van der Waals surface area contributed by atoms with E-state index >= 15 is 0 Å². The van der Waals surface area contributed by atoms with Gasteiger partial charge in [0.25, 0.3) is 0 Å². The van der Waals surface area contributed by atoms with Crippen LogP contribution in [0, 0.1) is 11.8 Å². The van der Waals surface area contributed by atoms with Gasteiger partial charge in [-0.15, -0.1) is 0 Å². The number of fused-ring (bicyclic) bond motifs is 1. The molecule has 6 heteroatoms. The zero-order chi connectivity index (χ0) is 18.0. The maximum absolute atomic E-state index is 12.3. The van der Waals surface area contributed by atoms with Crippen LogP contribution in [0.4, 0.5) is 5.69 Å². The van der Waals surface area contributed by atoms with E-state index in [1.54, 1.807) is 24.3 Å². The molecule has 0 bridgehead atoms. The minimum absolute atomic E-state index is 0.0364. The molecule has 6 nitrogen and oxygen atoms in total. The number of Topliss-reactive ketones (excluding diaryl/α,β-unsaturated/α-hetero) is 1. The molecule has 25 heavy (non-hydrogen) atoms. The molecule has 0 unspecified atom stereocenters. The van der Waals surface area contributed by atoms with Crippen LogP contribution in [0.15, 0.2) is 36.4 Å². The predicted octanol–water partition coefficient (Wildman–Crippen LogP) is 2.17. The fourth-order valence-electron chi connectivity index (χ4n) is 3.34. The summed E-state index contributed by atoms with van der Waals surface area (Å²) < 4.78 is 0. The van der Waals surface area contributed by atoms with E-state index in [0.717, 1.165) is 0 Å². The van der Waals surface area contributed by atoms with Gasteiger partial charge in [-0.1, -0.05) is 24.3 Å². The van der Waals surface area contributed by atoms with Crippen molar-refractivity contribution in [2.75, 3.05) is 11.9 Å². The van der Waals surface area contributed by atoms with Crippen molar-refractivity contribution in [3.8, 4) is 0 Å². The SMILES string of the molecule is CC(=O)c1cccc(NC(=O)CCN2C(=O)[C@H]3CC=CC[C@@H]3C2=O)c1. The summed E-state index contributed by atoms with van der Waals surface area (Å²) in [4.78, 5) is 49.4. The maximum atomic E-state index is 12.3. The van der Waals surface area contributed by atoms with Gasteiger partial charge < -0.3 is 5.32 Å². The summed E-state index contributed by atoms with van der Waals surface area (Å²) in [6, 6.07) is 6.66. The fourth-order valence-corrected chi connectivity index (χ4v) is 3.34. The molecule has 1 aliphatic heterocycles. The highest BCUT2D eigenvalue weighted by Crippen LogP contribution is 2.35. The number of hydrogen-bond acceptors (Lipinski definition) is 4. The Hall–Kier alpha value is -2.76. The number of imide groups is 1. The van der Waals surface area contributed by atoms with Crippen molar-refractivity contribution < 1.29 is 19.2 Å². The molecule has 0 spiro atoms. The normalized spacial score (nSPS) is 22.0. The lowest BCUT2D eigenvalue weighted by Gasteiger charge is -2.14. The van der Waals surface area contributed by atoms with Crippen molar-refractivity contribution in [2.45, 2.75) is 26.2 Å². The third-order valence-electron chi connectivity index (χ3n) is 4.71. The summed E-state index contributed by atoms with van der Waals surface area (Å²) in [5, 5.41) is 2.70. The monoisotopic (exact) mass is 340 g/mol.